The molecule has 0 aliphatic carbocycles. The second-order valence-corrected chi connectivity index (χ2v) is 6.84. The molecular weight excluding hydrogens is 395 g/mol. The molecule has 30 heavy (non-hydrogen) atoms. The van der Waals surface area contributed by atoms with Crippen LogP contribution < -0.4 is 5.32 Å². The Kier molecular flexibility index (Phi) is 6.14. The van der Waals surface area contributed by atoms with Crippen LogP contribution in [0.3, 0.4) is 0 Å². The molecule has 2 aromatic heterocycles. The molecule has 0 saturated carbocycles. The zero-order valence-corrected chi connectivity index (χ0v) is 16.9. The topological polar surface area (TPSA) is 55.6 Å². The molecule has 3 aromatic rings. The van der Waals surface area contributed by atoms with E-state index in [0.29, 0.717) is 16.9 Å². The maximum absolute atomic E-state index is 12.5. The van der Waals surface area contributed by atoms with Crippen LogP contribution in [-0.4, -0.2) is 35.2 Å². The Labute approximate surface area is 172 Å². The van der Waals surface area contributed by atoms with Crippen molar-refractivity contribution in [3.05, 3.63) is 59.4 Å². The highest BCUT2D eigenvalue weighted by Crippen LogP contribution is 2.28. The Bertz CT molecular complexity index is 1100. The molecule has 1 aromatic carbocycles. The van der Waals surface area contributed by atoms with Gasteiger partial charge >= 0.3 is 12.1 Å². The molecule has 5 nitrogen and oxygen atoms in total. The molecule has 8 heteroatoms. The second-order valence-electron chi connectivity index (χ2n) is 6.84. The van der Waals surface area contributed by atoms with Crippen LogP contribution >= 0.6 is 0 Å². The van der Waals surface area contributed by atoms with Crippen LogP contribution in [0.1, 0.15) is 34.8 Å². The van der Waals surface area contributed by atoms with E-state index >= 15 is 0 Å². The predicted octanol–water partition coefficient (Wildman–Crippen LogP) is 5.49. The summed E-state index contributed by atoms with van der Waals surface area (Å²) in [7, 11) is 1.33. The number of ether oxygens (including phenoxy) is 1. The number of rotatable bonds is 6. The molecule has 0 radical (unpaired) electrons. The molecule has 0 aliphatic heterocycles. The SMILES string of the molecule is C/C=C/c1cc(NCCC(F)(F)F)c2ncc(-c3ccc(C(=O)OC)c(C)c3)n2c1. The molecule has 2 heterocycles. The van der Waals surface area contributed by atoms with Gasteiger partial charge in [-0.05, 0) is 43.2 Å². The number of hydrogen-bond acceptors (Lipinski definition) is 4. The van der Waals surface area contributed by atoms with Gasteiger partial charge in [-0.2, -0.15) is 13.2 Å². The van der Waals surface area contributed by atoms with Crippen molar-refractivity contribution in [3.63, 3.8) is 0 Å². The first-order valence-corrected chi connectivity index (χ1v) is 9.37. The summed E-state index contributed by atoms with van der Waals surface area (Å²) in [5.74, 6) is -0.413. The summed E-state index contributed by atoms with van der Waals surface area (Å²) < 4.78 is 44.3. The number of imidazole rings is 1. The number of aromatic nitrogens is 2. The Morgan fingerprint density at radius 3 is 2.70 bits per heavy atom. The van der Waals surface area contributed by atoms with Crippen molar-refractivity contribution < 1.29 is 22.7 Å². The third-order valence-electron chi connectivity index (χ3n) is 4.64. The van der Waals surface area contributed by atoms with Crippen molar-refractivity contribution in [1.82, 2.24) is 9.38 Å². The standard InChI is InChI=1S/C22H22F3N3O2/c1-4-5-15-11-18(26-9-8-22(23,24)25)20-27-12-19(28(20)13-15)16-6-7-17(14(2)10-16)21(29)30-3/h4-7,10-13,26H,8-9H2,1-3H3/b5-4+. The molecule has 0 amide bonds. The number of benzene rings is 1. The average molecular weight is 417 g/mol. The number of esters is 1. The van der Waals surface area contributed by atoms with Crippen LogP contribution in [0.2, 0.25) is 0 Å². The number of hydrogen-bond donors (Lipinski definition) is 1. The van der Waals surface area contributed by atoms with Crippen LogP contribution in [0.25, 0.3) is 23.0 Å². The minimum atomic E-state index is -4.23. The van der Waals surface area contributed by atoms with Gasteiger partial charge in [-0.25, -0.2) is 9.78 Å². The average Bonchev–Trinajstić information content (AvgIpc) is 3.10. The number of anilines is 1. The molecule has 0 saturated heterocycles. The first-order chi connectivity index (χ1) is 14.2. The fourth-order valence-electron chi connectivity index (χ4n) is 3.24. The summed E-state index contributed by atoms with van der Waals surface area (Å²) >= 11 is 0. The number of fused-ring (bicyclic) bond motifs is 1. The number of aryl methyl sites for hydroxylation is 1. The lowest BCUT2D eigenvalue weighted by Gasteiger charge is -2.12. The number of nitrogens with zero attached hydrogens (tertiary/aromatic N) is 2. The smallest absolute Gasteiger partial charge is 0.390 e. The highest BCUT2D eigenvalue weighted by Gasteiger charge is 2.26. The monoisotopic (exact) mass is 417 g/mol. The molecule has 0 unspecified atom stereocenters. The predicted molar refractivity (Wildman–Crippen MR) is 111 cm³/mol. The molecule has 0 bridgehead atoms. The normalized spacial score (nSPS) is 11.9. The van der Waals surface area contributed by atoms with Crippen molar-refractivity contribution in [2.75, 3.05) is 19.0 Å². The minimum Gasteiger partial charge on any atom is -0.465 e. The maximum atomic E-state index is 12.5. The number of pyridine rings is 1. The van der Waals surface area contributed by atoms with Gasteiger partial charge in [0, 0.05) is 18.3 Å². The van der Waals surface area contributed by atoms with E-state index in [1.54, 1.807) is 24.4 Å². The van der Waals surface area contributed by atoms with Crippen molar-refractivity contribution >= 4 is 23.4 Å². The lowest BCUT2D eigenvalue weighted by molar-refractivity contribution is -0.131. The third kappa shape index (κ3) is 4.64. The molecule has 0 aliphatic rings. The molecular formula is C22H22F3N3O2. The molecule has 1 N–H and O–H groups in total. The number of carbonyl (C=O) groups excluding carboxylic acids is 1. The summed E-state index contributed by atoms with van der Waals surface area (Å²) in [6.07, 6.45) is 2.08. The summed E-state index contributed by atoms with van der Waals surface area (Å²) in [5.41, 5.74) is 4.67. The van der Waals surface area contributed by atoms with Crippen molar-refractivity contribution in [3.8, 4) is 11.3 Å². The molecule has 0 fully saturated rings. The Morgan fingerprint density at radius 1 is 1.30 bits per heavy atom. The van der Waals surface area contributed by atoms with E-state index in [2.05, 4.69) is 10.3 Å². The number of halogens is 3. The Balaban J connectivity index is 2.05. The Morgan fingerprint density at radius 2 is 2.07 bits per heavy atom. The lowest BCUT2D eigenvalue weighted by atomic mass is 10.0. The van der Waals surface area contributed by atoms with Crippen LogP contribution in [0.4, 0.5) is 18.9 Å². The van der Waals surface area contributed by atoms with E-state index in [1.165, 1.54) is 7.11 Å². The van der Waals surface area contributed by atoms with Crippen LogP contribution in [0, 0.1) is 6.92 Å². The van der Waals surface area contributed by atoms with Gasteiger partial charge in [-0.15, -0.1) is 0 Å². The number of allylic oxidation sites excluding steroid dienone is 1. The fourth-order valence-corrected chi connectivity index (χ4v) is 3.24. The van der Waals surface area contributed by atoms with Crippen molar-refractivity contribution in [1.29, 1.82) is 0 Å². The van der Waals surface area contributed by atoms with E-state index in [4.69, 9.17) is 4.74 Å². The summed E-state index contributed by atoms with van der Waals surface area (Å²) in [6.45, 7) is 3.44. The van der Waals surface area contributed by atoms with Gasteiger partial charge < -0.3 is 10.1 Å². The lowest BCUT2D eigenvalue weighted by Crippen LogP contribution is -2.15. The van der Waals surface area contributed by atoms with Gasteiger partial charge in [-0.3, -0.25) is 4.40 Å². The fraction of sp³-hybridized carbons (Fsp3) is 0.273. The number of alkyl halides is 3. The first-order valence-electron chi connectivity index (χ1n) is 9.37. The van der Waals surface area contributed by atoms with E-state index in [0.717, 1.165) is 22.4 Å². The summed E-state index contributed by atoms with van der Waals surface area (Å²) in [4.78, 5) is 16.3. The second kappa shape index (κ2) is 8.61. The first kappa shape index (κ1) is 21.4. The minimum absolute atomic E-state index is 0.242. The summed E-state index contributed by atoms with van der Waals surface area (Å²) in [6, 6.07) is 7.11. The summed E-state index contributed by atoms with van der Waals surface area (Å²) in [5, 5.41) is 2.85. The Hall–Kier alpha value is -3.29. The van der Waals surface area contributed by atoms with Gasteiger partial charge in [0.25, 0.3) is 0 Å². The van der Waals surface area contributed by atoms with Crippen LogP contribution in [0.5, 0.6) is 0 Å². The van der Waals surface area contributed by atoms with E-state index in [9.17, 15) is 18.0 Å². The van der Waals surface area contributed by atoms with Gasteiger partial charge in [0.05, 0.1) is 36.7 Å². The molecule has 3 rings (SSSR count). The molecule has 158 valence electrons. The zero-order chi connectivity index (χ0) is 21.9. The number of nitrogens with one attached hydrogen (secondary N) is 1. The van der Waals surface area contributed by atoms with E-state index in [-0.39, 0.29) is 6.54 Å². The van der Waals surface area contributed by atoms with E-state index in [1.807, 2.05) is 42.7 Å². The molecule has 0 atom stereocenters. The van der Waals surface area contributed by atoms with Crippen molar-refractivity contribution in [2.45, 2.75) is 26.4 Å². The van der Waals surface area contributed by atoms with Gasteiger partial charge in [0.2, 0.25) is 0 Å². The number of carbonyl (C=O) groups is 1. The van der Waals surface area contributed by atoms with Crippen LogP contribution in [-0.2, 0) is 4.74 Å². The van der Waals surface area contributed by atoms with Gasteiger partial charge in [0.1, 0.15) is 0 Å². The quantitative estimate of drug-likeness (QED) is 0.539. The third-order valence-corrected chi connectivity index (χ3v) is 4.64. The highest BCUT2D eigenvalue weighted by atomic mass is 19.4. The van der Waals surface area contributed by atoms with Gasteiger partial charge in [0.15, 0.2) is 5.65 Å². The highest BCUT2D eigenvalue weighted by molar-refractivity contribution is 5.91. The van der Waals surface area contributed by atoms with E-state index < -0.39 is 18.6 Å². The molecule has 0 spiro atoms. The van der Waals surface area contributed by atoms with Crippen LogP contribution in [0.15, 0.2) is 42.7 Å². The zero-order valence-electron chi connectivity index (χ0n) is 16.9. The largest absolute Gasteiger partial charge is 0.465 e. The maximum Gasteiger partial charge on any atom is 0.390 e. The number of methoxy groups -OCH3 is 1. The van der Waals surface area contributed by atoms with Crippen molar-refractivity contribution in [2.24, 2.45) is 0 Å². The van der Waals surface area contributed by atoms with Gasteiger partial charge in [-0.1, -0.05) is 18.2 Å².